The van der Waals surface area contributed by atoms with Gasteiger partial charge in [-0.25, -0.2) is 4.39 Å². The highest BCUT2D eigenvalue weighted by atomic mass is 79.9. The van der Waals surface area contributed by atoms with Crippen molar-refractivity contribution in [3.8, 4) is 0 Å². The van der Waals surface area contributed by atoms with Gasteiger partial charge < -0.3 is 10.1 Å². The Labute approximate surface area is 114 Å². The molecule has 2 unspecified atom stereocenters. The molecule has 0 saturated carbocycles. The summed E-state index contributed by atoms with van der Waals surface area (Å²) in [5.41, 5.74) is 0.328. The summed E-state index contributed by atoms with van der Waals surface area (Å²) in [6, 6.07) is 4.19. The highest BCUT2D eigenvalue weighted by Gasteiger charge is 2.22. The van der Waals surface area contributed by atoms with Gasteiger partial charge in [0.2, 0.25) is 0 Å². The first-order valence-electron chi connectivity index (χ1n) is 5.94. The Bertz CT molecular complexity index is 453. The fraction of sp³-hybridized carbons (Fsp3) is 0.462. The van der Waals surface area contributed by atoms with Gasteiger partial charge in [0.1, 0.15) is 5.82 Å². The van der Waals surface area contributed by atoms with Crippen molar-refractivity contribution in [2.45, 2.75) is 31.9 Å². The van der Waals surface area contributed by atoms with Crippen LogP contribution in [0.2, 0.25) is 0 Å². The Morgan fingerprint density at radius 2 is 2.33 bits per heavy atom. The number of hydrogen-bond donors (Lipinski definition) is 1. The predicted molar refractivity (Wildman–Crippen MR) is 70.0 cm³/mol. The van der Waals surface area contributed by atoms with Crippen molar-refractivity contribution in [2.75, 3.05) is 6.61 Å². The second-order valence-electron chi connectivity index (χ2n) is 4.50. The molecule has 5 heteroatoms. The van der Waals surface area contributed by atoms with Gasteiger partial charge in [0.25, 0.3) is 5.91 Å². The summed E-state index contributed by atoms with van der Waals surface area (Å²) in [4.78, 5) is 12.0. The largest absolute Gasteiger partial charge is 0.378 e. The molecule has 1 aromatic carbocycles. The fourth-order valence-electron chi connectivity index (χ4n) is 2.06. The van der Waals surface area contributed by atoms with Crippen molar-refractivity contribution in [2.24, 2.45) is 0 Å². The number of halogens is 2. The first kappa shape index (κ1) is 13.5. The summed E-state index contributed by atoms with van der Waals surface area (Å²) in [5, 5.41) is 2.92. The summed E-state index contributed by atoms with van der Waals surface area (Å²) in [5.74, 6) is -0.663. The van der Waals surface area contributed by atoms with Crippen LogP contribution in [-0.2, 0) is 4.74 Å². The molecule has 1 N–H and O–H groups in total. The third-order valence-electron chi connectivity index (χ3n) is 2.99. The second-order valence-corrected chi connectivity index (χ2v) is 5.35. The van der Waals surface area contributed by atoms with Crippen molar-refractivity contribution in [3.05, 3.63) is 34.1 Å². The topological polar surface area (TPSA) is 38.3 Å². The van der Waals surface area contributed by atoms with Crippen LogP contribution in [-0.4, -0.2) is 24.7 Å². The van der Waals surface area contributed by atoms with Crippen LogP contribution in [0.25, 0.3) is 0 Å². The van der Waals surface area contributed by atoms with Gasteiger partial charge in [-0.15, -0.1) is 0 Å². The smallest absolute Gasteiger partial charge is 0.252 e. The van der Waals surface area contributed by atoms with Gasteiger partial charge in [0.05, 0.1) is 11.7 Å². The first-order chi connectivity index (χ1) is 8.56. The van der Waals surface area contributed by atoms with Crippen LogP contribution in [0.15, 0.2) is 22.7 Å². The van der Waals surface area contributed by atoms with E-state index in [1.165, 1.54) is 18.2 Å². The zero-order valence-electron chi connectivity index (χ0n) is 10.1. The lowest BCUT2D eigenvalue weighted by Crippen LogP contribution is -2.41. The van der Waals surface area contributed by atoms with Crippen molar-refractivity contribution in [1.29, 1.82) is 0 Å². The Balaban J connectivity index is 2.05. The fourth-order valence-corrected chi connectivity index (χ4v) is 2.49. The molecular weight excluding hydrogens is 301 g/mol. The van der Waals surface area contributed by atoms with E-state index in [1.54, 1.807) is 0 Å². The van der Waals surface area contributed by atoms with Gasteiger partial charge in [-0.2, -0.15) is 0 Å². The normalized spacial score (nSPS) is 23.7. The molecule has 0 spiro atoms. The lowest BCUT2D eigenvalue weighted by atomic mass is 10.0. The summed E-state index contributed by atoms with van der Waals surface area (Å²) >= 11 is 3.26. The molecule has 98 valence electrons. The van der Waals surface area contributed by atoms with Crippen LogP contribution in [0.4, 0.5) is 4.39 Å². The highest BCUT2D eigenvalue weighted by Crippen LogP contribution is 2.19. The van der Waals surface area contributed by atoms with E-state index in [-0.39, 0.29) is 18.1 Å². The van der Waals surface area contributed by atoms with Crippen LogP contribution < -0.4 is 5.32 Å². The van der Waals surface area contributed by atoms with Crippen molar-refractivity contribution < 1.29 is 13.9 Å². The summed E-state index contributed by atoms with van der Waals surface area (Å²) in [7, 11) is 0. The molecule has 2 rings (SSSR count). The SMILES string of the molecule is CC1CC(NC(=O)c2cc(F)ccc2Br)CCO1. The number of carbonyl (C=O) groups is 1. The number of nitrogens with one attached hydrogen (secondary N) is 1. The van der Waals surface area contributed by atoms with E-state index in [1.807, 2.05) is 6.92 Å². The third kappa shape index (κ3) is 3.29. The molecule has 3 nitrogen and oxygen atoms in total. The Morgan fingerprint density at radius 3 is 3.06 bits per heavy atom. The number of rotatable bonds is 2. The van der Waals surface area contributed by atoms with Gasteiger partial charge in [0.15, 0.2) is 0 Å². The van der Waals surface area contributed by atoms with E-state index >= 15 is 0 Å². The summed E-state index contributed by atoms with van der Waals surface area (Å²) < 4.78 is 19.1. The van der Waals surface area contributed by atoms with Gasteiger partial charge in [-0.05, 0) is 53.9 Å². The quantitative estimate of drug-likeness (QED) is 0.911. The number of carbonyl (C=O) groups excluding carboxylic acids is 1. The van der Waals surface area contributed by atoms with Crippen LogP contribution in [0, 0.1) is 5.82 Å². The second kappa shape index (κ2) is 5.80. The van der Waals surface area contributed by atoms with Crippen molar-refractivity contribution >= 4 is 21.8 Å². The number of benzene rings is 1. The maximum Gasteiger partial charge on any atom is 0.252 e. The van der Waals surface area contributed by atoms with E-state index in [0.29, 0.717) is 16.6 Å². The molecule has 2 atom stereocenters. The molecule has 1 aromatic rings. The zero-order valence-corrected chi connectivity index (χ0v) is 11.7. The minimum absolute atomic E-state index is 0.0939. The van der Waals surface area contributed by atoms with Crippen LogP contribution in [0.3, 0.4) is 0 Å². The van der Waals surface area contributed by atoms with Gasteiger partial charge in [0, 0.05) is 17.1 Å². The van der Waals surface area contributed by atoms with Gasteiger partial charge in [-0.3, -0.25) is 4.79 Å². The van der Waals surface area contributed by atoms with Gasteiger partial charge >= 0.3 is 0 Å². The monoisotopic (exact) mass is 315 g/mol. The van der Waals surface area contributed by atoms with E-state index in [2.05, 4.69) is 21.2 Å². The molecule has 1 aliphatic rings. The van der Waals surface area contributed by atoms with Crippen LogP contribution >= 0.6 is 15.9 Å². The Hall–Kier alpha value is -0.940. The molecule has 1 amide bonds. The minimum atomic E-state index is -0.413. The third-order valence-corrected chi connectivity index (χ3v) is 3.68. The average Bonchev–Trinajstić information content (AvgIpc) is 2.32. The van der Waals surface area contributed by atoms with E-state index in [9.17, 15) is 9.18 Å². The lowest BCUT2D eigenvalue weighted by Gasteiger charge is -2.28. The van der Waals surface area contributed by atoms with E-state index < -0.39 is 5.82 Å². The predicted octanol–water partition coefficient (Wildman–Crippen LogP) is 2.89. The van der Waals surface area contributed by atoms with E-state index in [0.717, 1.165) is 12.8 Å². The molecule has 1 heterocycles. The molecule has 1 saturated heterocycles. The van der Waals surface area contributed by atoms with E-state index in [4.69, 9.17) is 4.74 Å². The maximum atomic E-state index is 13.1. The molecule has 0 radical (unpaired) electrons. The zero-order chi connectivity index (χ0) is 13.1. The highest BCUT2D eigenvalue weighted by molar-refractivity contribution is 9.10. The molecule has 1 fully saturated rings. The number of amides is 1. The summed E-state index contributed by atoms with van der Waals surface area (Å²) in [6.07, 6.45) is 1.74. The van der Waals surface area contributed by atoms with Gasteiger partial charge in [-0.1, -0.05) is 0 Å². The molecule has 1 aliphatic heterocycles. The molecule has 0 aromatic heterocycles. The van der Waals surface area contributed by atoms with Crippen molar-refractivity contribution in [3.63, 3.8) is 0 Å². The number of hydrogen-bond acceptors (Lipinski definition) is 2. The molecule has 0 bridgehead atoms. The Morgan fingerprint density at radius 1 is 1.56 bits per heavy atom. The standard InChI is InChI=1S/C13H15BrFNO2/c1-8-6-10(4-5-18-8)16-13(17)11-7-9(15)2-3-12(11)14/h2-3,7-8,10H,4-6H2,1H3,(H,16,17). The minimum Gasteiger partial charge on any atom is -0.378 e. The first-order valence-corrected chi connectivity index (χ1v) is 6.73. The summed E-state index contributed by atoms with van der Waals surface area (Å²) in [6.45, 7) is 2.63. The van der Waals surface area contributed by atoms with Crippen molar-refractivity contribution in [1.82, 2.24) is 5.32 Å². The molecular formula is C13H15BrFNO2. The molecule has 0 aliphatic carbocycles. The number of ether oxygens (including phenoxy) is 1. The van der Waals surface area contributed by atoms with Crippen LogP contribution in [0.5, 0.6) is 0 Å². The lowest BCUT2D eigenvalue weighted by molar-refractivity contribution is 0.0136. The molecule has 18 heavy (non-hydrogen) atoms. The van der Waals surface area contributed by atoms with Crippen LogP contribution in [0.1, 0.15) is 30.1 Å². The average molecular weight is 316 g/mol. The Kier molecular flexibility index (Phi) is 4.35. The maximum absolute atomic E-state index is 13.1.